The number of imidazole rings is 1. The summed E-state index contributed by atoms with van der Waals surface area (Å²) in [5.74, 6) is -0.873. The van der Waals surface area contributed by atoms with E-state index in [0.717, 1.165) is 10.8 Å². The second-order valence-corrected chi connectivity index (χ2v) is 4.20. The lowest BCUT2D eigenvalue weighted by Gasteiger charge is -2.12. The summed E-state index contributed by atoms with van der Waals surface area (Å²) in [5.41, 5.74) is 2.24. The minimum absolute atomic E-state index is 0.0702. The van der Waals surface area contributed by atoms with Crippen molar-refractivity contribution in [3.05, 3.63) is 53.1 Å². The first kappa shape index (κ1) is 11.6. The van der Waals surface area contributed by atoms with E-state index in [1.54, 1.807) is 24.3 Å². The van der Waals surface area contributed by atoms with E-state index in [9.17, 15) is 9.59 Å². The first-order valence-corrected chi connectivity index (χ1v) is 5.78. The number of aryl methyl sites for hydroxylation is 1. The summed E-state index contributed by atoms with van der Waals surface area (Å²) in [6.45, 7) is 1.91. The number of nitrogens with one attached hydrogen (secondary N) is 1. The summed E-state index contributed by atoms with van der Waals surface area (Å²) < 4.78 is 0. The Morgan fingerprint density at radius 2 is 1.84 bits per heavy atom. The SMILES string of the molecule is Cc1[nH]cnc1CON1C(=O)c2ccccc2C1=O. The van der Waals surface area contributed by atoms with E-state index in [2.05, 4.69) is 9.97 Å². The Morgan fingerprint density at radius 3 is 2.37 bits per heavy atom. The van der Waals surface area contributed by atoms with Crippen molar-refractivity contribution in [2.24, 2.45) is 0 Å². The Kier molecular flexibility index (Phi) is 2.64. The molecule has 0 unspecified atom stereocenters. The fraction of sp³-hybridized carbons (Fsp3) is 0.154. The van der Waals surface area contributed by atoms with Crippen molar-refractivity contribution in [2.45, 2.75) is 13.5 Å². The Hall–Kier alpha value is -2.47. The summed E-state index contributed by atoms with van der Waals surface area (Å²) in [6.07, 6.45) is 1.54. The molecule has 0 saturated heterocycles. The van der Waals surface area contributed by atoms with Crippen LogP contribution in [0.5, 0.6) is 0 Å². The second kappa shape index (κ2) is 4.33. The molecule has 1 aliphatic rings. The highest BCUT2D eigenvalue weighted by molar-refractivity contribution is 6.20. The van der Waals surface area contributed by atoms with Crippen molar-refractivity contribution in [1.29, 1.82) is 0 Å². The van der Waals surface area contributed by atoms with E-state index in [-0.39, 0.29) is 6.61 Å². The van der Waals surface area contributed by atoms with Crippen molar-refractivity contribution in [3.63, 3.8) is 0 Å². The lowest BCUT2D eigenvalue weighted by Crippen LogP contribution is -2.29. The van der Waals surface area contributed by atoms with Crippen LogP contribution < -0.4 is 0 Å². The molecular weight excluding hydrogens is 246 g/mol. The number of aromatic nitrogens is 2. The molecule has 0 bridgehead atoms. The maximum atomic E-state index is 12.0. The molecule has 0 saturated carbocycles. The van der Waals surface area contributed by atoms with Crippen LogP contribution in [0.15, 0.2) is 30.6 Å². The molecule has 19 heavy (non-hydrogen) atoms. The number of imide groups is 1. The average molecular weight is 257 g/mol. The second-order valence-electron chi connectivity index (χ2n) is 4.20. The smallest absolute Gasteiger partial charge is 0.285 e. The van der Waals surface area contributed by atoms with Crippen molar-refractivity contribution in [2.75, 3.05) is 0 Å². The lowest BCUT2D eigenvalue weighted by atomic mass is 10.1. The summed E-state index contributed by atoms with van der Waals surface area (Å²) in [6, 6.07) is 6.65. The number of rotatable bonds is 3. The molecule has 6 nitrogen and oxygen atoms in total. The van der Waals surface area contributed by atoms with Gasteiger partial charge in [-0.2, -0.15) is 0 Å². The molecular formula is C13H11N3O3. The maximum absolute atomic E-state index is 12.0. The van der Waals surface area contributed by atoms with Gasteiger partial charge in [0.1, 0.15) is 6.61 Å². The highest BCUT2D eigenvalue weighted by atomic mass is 16.7. The van der Waals surface area contributed by atoms with E-state index in [1.165, 1.54) is 6.33 Å². The van der Waals surface area contributed by atoms with Gasteiger partial charge in [0, 0.05) is 5.69 Å². The molecule has 0 spiro atoms. The molecule has 1 aliphatic heterocycles. The molecule has 2 aromatic rings. The standard InChI is InChI=1S/C13H11N3O3/c1-8-11(15-7-14-8)6-19-16-12(17)9-4-2-3-5-10(9)13(16)18/h2-5,7H,6H2,1H3,(H,14,15). The van der Waals surface area contributed by atoms with Gasteiger partial charge in [-0.3, -0.25) is 14.4 Å². The number of benzene rings is 1. The van der Waals surface area contributed by atoms with Crippen LogP contribution in [-0.4, -0.2) is 26.8 Å². The van der Waals surface area contributed by atoms with Gasteiger partial charge in [-0.25, -0.2) is 4.98 Å². The number of H-pyrrole nitrogens is 1. The van der Waals surface area contributed by atoms with Gasteiger partial charge in [0.2, 0.25) is 0 Å². The summed E-state index contributed by atoms with van der Waals surface area (Å²) in [4.78, 5) is 36.2. The van der Waals surface area contributed by atoms with E-state index in [1.807, 2.05) is 6.92 Å². The van der Waals surface area contributed by atoms with Crippen molar-refractivity contribution < 1.29 is 14.4 Å². The zero-order valence-corrected chi connectivity index (χ0v) is 10.2. The summed E-state index contributed by atoms with van der Waals surface area (Å²) >= 11 is 0. The third-order valence-electron chi connectivity index (χ3n) is 3.02. The van der Waals surface area contributed by atoms with Gasteiger partial charge in [-0.1, -0.05) is 12.1 Å². The zero-order valence-electron chi connectivity index (χ0n) is 10.2. The number of hydroxylamine groups is 2. The van der Waals surface area contributed by atoms with Crippen LogP contribution in [-0.2, 0) is 11.4 Å². The quantitative estimate of drug-likeness (QED) is 0.844. The van der Waals surface area contributed by atoms with Gasteiger partial charge >= 0.3 is 0 Å². The molecule has 1 aromatic heterocycles. The number of amides is 2. The number of carbonyl (C=O) groups excluding carboxylic acids is 2. The predicted molar refractivity (Wildman–Crippen MR) is 65.1 cm³/mol. The largest absolute Gasteiger partial charge is 0.348 e. The topological polar surface area (TPSA) is 75.3 Å². The molecule has 0 fully saturated rings. The van der Waals surface area contributed by atoms with E-state index in [0.29, 0.717) is 16.8 Å². The van der Waals surface area contributed by atoms with Crippen molar-refractivity contribution >= 4 is 11.8 Å². The molecule has 2 amide bonds. The Labute approximate surface area is 109 Å². The van der Waals surface area contributed by atoms with Gasteiger partial charge in [-0.05, 0) is 19.1 Å². The first-order chi connectivity index (χ1) is 9.18. The van der Waals surface area contributed by atoms with Gasteiger partial charge in [-0.15, -0.1) is 5.06 Å². The summed E-state index contributed by atoms with van der Waals surface area (Å²) in [5, 5.41) is 0.790. The first-order valence-electron chi connectivity index (χ1n) is 5.78. The zero-order chi connectivity index (χ0) is 13.4. The highest BCUT2D eigenvalue weighted by Gasteiger charge is 2.36. The van der Waals surface area contributed by atoms with Crippen LogP contribution in [0, 0.1) is 6.92 Å². The van der Waals surface area contributed by atoms with Crippen LogP contribution in [0.25, 0.3) is 0 Å². The van der Waals surface area contributed by atoms with Crippen molar-refractivity contribution in [1.82, 2.24) is 15.0 Å². The number of carbonyl (C=O) groups is 2. The maximum Gasteiger partial charge on any atom is 0.285 e. The molecule has 0 radical (unpaired) electrons. The normalized spacial score (nSPS) is 14.1. The van der Waals surface area contributed by atoms with E-state index in [4.69, 9.17) is 4.84 Å². The molecule has 6 heteroatoms. The number of fused-ring (bicyclic) bond motifs is 1. The van der Waals surface area contributed by atoms with Crippen LogP contribution >= 0.6 is 0 Å². The predicted octanol–water partition coefficient (Wildman–Crippen LogP) is 1.45. The number of aromatic amines is 1. The molecule has 3 rings (SSSR count). The van der Waals surface area contributed by atoms with Crippen LogP contribution in [0.1, 0.15) is 32.1 Å². The number of nitrogens with zero attached hydrogens (tertiary/aromatic N) is 2. The van der Waals surface area contributed by atoms with Gasteiger partial charge in [0.25, 0.3) is 11.8 Å². The van der Waals surface area contributed by atoms with Gasteiger partial charge < -0.3 is 4.98 Å². The van der Waals surface area contributed by atoms with Crippen LogP contribution in [0.3, 0.4) is 0 Å². The monoisotopic (exact) mass is 257 g/mol. The minimum atomic E-state index is -0.436. The minimum Gasteiger partial charge on any atom is -0.348 e. The third kappa shape index (κ3) is 1.82. The average Bonchev–Trinajstić information content (AvgIpc) is 2.93. The van der Waals surface area contributed by atoms with Gasteiger partial charge in [0.05, 0.1) is 23.1 Å². The Balaban J connectivity index is 1.79. The molecule has 96 valence electrons. The lowest BCUT2D eigenvalue weighted by molar-refractivity contribution is -0.102. The van der Waals surface area contributed by atoms with Crippen LogP contribution in [0.4, 0.5) is 0 Å². The van der Waals surface area contributed by atoms with E-state index >= 15 is 0 Å². The van der Waals surface area contributed by atoms with Crippen molar-refractivity contribution in [3.8, 4) is 0 Å². The van der Waals surface area contributed by atoms with E-state index < -0.39 is 11.8 Å². The molecule has 2 heterocycles. The summed E-state index contributed by atoms with van der Waals surface area (Å²) in [7, 11) is 0. The number of hydrogen-bond acceptors (Lipinski definition) is 4. The molecule has 1 N–H and O–H groups in total. The van der Waals surface area contributed by atoms with Gasteiger partial charge in [0.15, 0.2) is 0 Å². The molecule has 1 aromatic carbocycles. The molecule has 0 atom stereocenters. The fourth-order valence-electron chi connectivity index (χ4n) is 1.94. The Bertz CT molecular complexity index is 628. The fourth-order valence-corrected chi connectivity index (χ4v) is 1.94. The Morgan fingerprint density at radius 1 is 1.21 bits per heavy atom. The van der Waals surface area contributed by atoms with Crippen LogP contribution in [0.2, 0.25) is 0 Å². The molecule has 0 aliphatic carbocycles. The highest BCUT2D eigenvalue weighted by Crippen LogP contribution is 2.23. The number of hydrogen-bond donors (Lipinski definition) is 1. The third-order valence-corrected chi connectivity index (χ3v) is 3.02.